The molecule has 9 heteroatoms. The van der Waals surface area contributed by atoms with Crippen molar-refractivity contribution in [3.8, 4) is 11.5 Å². The number of guanidine groups is 1. The van der Waals surface area contributed by atoms with E-state index in [1.807, 2.05) is 24.3 Å². The van der Waals surface area contributed by atoms with Gasteiger partial charge in [-0.1, -0.05) is 12.1 Å². The number of nitrogens with one attached hydrogen (secondary N) is 2. The summed E-state index contributed by atoms with van der Waals surface area (Å²) in [5, 5.41) is 6.32. The van der Waals surface area contributed by atoms with Crippen molar-refractivity contribution in [3.05, 3.63) is 59.9 Å². The van der Waals surface area contributed by atoms with Crippen LogP contribution in [-0.2, 0) is 16.4 Å². The Morgan fingerprint density at radius 2 is 1.75 bits per heavy atom. The van der Waals surface area contributed by atoms with E-state index in [0.29, 0.717) is 30.4 Å². The molecule has 2 N–H and O–H groups in total. The predicted molar refractivity (Wildman–Crippen MR) is 119 cm³/mol. The molecule has 1 heterocycles. The molecule has 2 aromatic carbocycles. The molecule has 1 unspecified atom stereocenters. The Hall–Kier alpha value is -1.88. The number of hydrogen-bond donors (Lipinski definition) is 2. The maximum atomic E-state index is 12.9. The Labute approximate surface area is 181 Å². The number of rotatable bonds is 5. The molecule has 1 atom stereocenters. The van der Waals surface area contributed by atoms with Gasteiger partial charge in [0.2, 0.25) is 0 Å². The van der Waals surface area contributed by atoms with E-state index >= 15 is 0 Å². The van der Waals surface area contributed by atoms with Gasteiger partial charge in [-0.25, -0.2) is 12.8 Å². The molecule has 0 bridgehead atoms. The summed E-state index contributed by atoms with van der Waals surface area (Å²) in [5.41, 5.74) is 1.02. The summed E-state index contributed by atoms with van der Waals surface area (Å²) in [5.74, 6) is 1.85. The lowest BCUT2D eigenvalue weighted by Crippen LogP contribution is -2.43. The number of benzene rings is 2. The fourth-order valence-corrected chi connectivity index (χ4v) is 4.47. The zero-order valence-electron chi connectivity index (χ0n) is 15.4. The summed E-state index contributed by atoms with van der Waals surface area (Å²) in [6.45, 7) is 0.538. The van der Waals surface area contributed by atoms with Gasteiger partial charge in [-0.2, -0.15) is 0 Å². The van der Waals surface area contributed by atoms with Gasteiger partial charge < -0.3 is 15.4 Å². The van der Waals surface area contributed by atoms with Gasteiger partial charge in [0.15, 0.2) is 15.8 Å². The smallest absolute Gasteiger partial charge is 0.191 e. The molecule has 3 rings (SSSR count). The molecule has 0 spiro atoms. The Morgan fingerprint density at radius 1 is 1.14 bits per heavy atom. The van der Waals surface area contributed by atoms with E-state index in [1.165, 1.54) is 12.1 Å². The van der Waals surface area contributed by atoms with E-state index in [-0.39, 0.29) is 47.3 Å². The molecule has 1 fully saturated rings. The number of sulfone groups is 1. The van der Waals surface area contributed by atoms with E-state index in [2.05, 4.69) is 15.6 Å². The van der Waals surface area contributed by atoms with Crippen molar-refractivity contribution in [3.63, 3.8) is 0 Å². The van der Waals surface area contributed by atoms with E-state index in [9.17, 15) is 12.8 Å². The second kappa shape index (κ2) is 10.1. The maximum absolute atomic E-state index is 12.9. The minimum absolute atomic E-state index is 0. The SMILES string of the molecule is CN=C(NCc1ccc(Oc2ccc(F)cc2)cc1)NC1CCS(=O)(=O)C1.I. The van der Waals surface area contributed by atoms with Crippen LogP contribution in [0.15, 0.2) is 53.5 Å². The summed E-state index contributed by atoms with van der Waals surface area (Å²) in [6, 6.07) is 13.2. The number of ether oxygens (including phenoxy) is 1. The highest BCUT2D eigenvalue weighted by atomic mass is 127. The summed E-state index contributed by atoms with van der Waals surface area (Å²) >= 11 is 0. The predicted octanol–water partition coefficient (Wildman–Crippen LogP) is 3.09. The quantitative estimate of drug-likeness (QED) is 0.361. The van der Waals surface area contributed by atoms with Crippen molar-refractivity contribution in [2.45, 2.75) is 19.0 Å². The largest absolute Gasteiger partial charge is 0.457 e. The molecule has 0 aromatic heterocycles. The molecule has 6 nitrogen and oxygen atoms in total. The molecule has 1 saturated heterocycles. The van der Waals surface area contributed by atoms with Gasteiger partial charge in [0.25, 0.3) is 0 Å². The Morgan fingerprint density at radius 3 is 2.29 bits per heavy atom. The third kappa shape index (κ3) is 6.62. The van der Waals surface area contributed by atoms with Crippen molar-refractivity contribution < 1.29 is 17.5 Å². The molecule has 2 aromatic rings. The van der Waals surface area contributed by atoms with Gasteiger partial charge in [-0.15, -0.1) is 24.0 Å². The van der Waals surface area contributed by atoms with Gasteiger partial charge in [-0.05, 0) is 48.4 Å². The molecule has 0 radical (unpaired) electrons. The topological polar surface area (TPSA) is 79.8 Å². The summed E-state index contributed by atoms with van der Waals surface area (Å²) in [6.07, 6.45) is 0.596. The highest BCUT2D eigenvalue weighted by molar-refractivity contribution is 14.0. The number of nitrogens with zero attached hydrogens (tertiary/aromatic N) is 1. The highest BCUT2D eigenvalue weighted by Crippen LogP contribution is 2.21. The van der Waals surface area contributed by atoms with E-state index in [4.69, 9.17) is 4.74 Å². The monoisotopic (exact) mass is 519 g/mol. The lowest BCUT2D eigenvalue weighted by Gasteiger charge is -2.16. The fourth-order valence-electron chi connectivity index (χ4n) is 2.80. The second-order valence-corrected chi connectivity index (χ2v) is 8.60. The van der Waals surface area contributed by atoms with Crippen molar-refractivity contribution >= 4 is 39.8 Å². The molecule has 152 valence electrons. The zero-order valence-corrected chi connectivity index (χ0v) is 18.5. The Kier molecular flexibility index (Phi) is 8.05. The van der Waals surface area contributed by atoms with E-state index < -0.39 is 9.84 Å². The molecule has 1 aliphatic heterocycles. The van der Waals surface area contributed by atoms with Crippen LogP contribution in [0.2, 0.25) is 0 Å². The standard InChI is InChI=1S/C19H22FN3O3S.HI/c1-21-19(23-16-10-11-27(24,25)13-16)22-12-14-2-6-17(7-3-14)26-18-8-4-15(20)5-9-18;/h2-9,16H,10-13H2,1H3,(H2,21,22,23);1H. The first-order valence-corrected chi connectivity index (χ1v) is 10.5. The van der Waals surface area contributed by atoms with Crippen molar-refractivity contribution in [2.24, 2.45) is 4.99 Å². The molecule has 0 aliphatic carbocycles. The normalized spacial score (nSPS) is 18.2. The van der Waals surface area contributed by atoms with Crippen LogP contribution in [0.5, 0.6) is 11.5 Å². The Balaban J connectivity index is 0.00000280. The van der Waals surface area contributed by atoms with Crippen LogP contribution in [0.25, 0.3) is 0 Å². The summed E-state index contributed by atoms with van der Waals surface area (Å²) in [4.78, 5) is 4.14. The van der Waals surface area contributed by atoms with Gasteiger partial charge in [0.05, 0.1) is 11.5 Å². The van der Waals surface area contributed by atoms with Crippen LogP contribution in [0.1, 0.15) is 12.0 Å². The van der Waals surface area contributed by atoms with Crippen LogP contribution in [0.3, 0.4) is 0 Å². The van der Waals surface area contributed by atoms with Gasteiger partial charge in [0, 0.05) is 19.6 Å². The van der Waals surface area contributed by atoms with Gasteiger partial charge >= 0.3 is 0 Å². The number of aliphatic imine (C=N–C) groups is 1. The van der Waals surface area contributed by atoms with Crippen molar-refractivity contribution in [1.29, 1.82) is 0 Å². The van der Waals surface area contributed by atoms with Crippen LogP contribution in [-0.4, -0.2) is 39.0 Å². The molecular formula is C19H23FIN3O3S. The third-order valence-electron chi connectivity index (χ3n) is 4.23. The van der Waals surface area contributed by atoms with E-state index in [1.54, 1.807) is 19.2 Å². The van der Waals surface area contributed by atoms with Crippen LogP contribution < -0.4 is 15.4 Å². The molecule has 28 heavy (non-hydrogen) atoms. The first-order chi connectivity index (χ1) is 12.9. The minimum atomic E-state index is -2.93. The van der Waals surface area contributed by atoms with Gasteiger partial charge in [-0.3, -0.25) is 4.99 Å². The minimum Gasteiger partial charge on any atom is -0.457 e. The third-order valence-corrected chi connectivity index (χ3v) is 6.00. The van der Waals surface area contributed by atoms with Crippen LogP contribution in [0, 0.1) is 5.82 Å². The van der Waals surface area contributed by atoms with Crippen LogP contribution >= 0.6 is 24.0 Å². The summed E-state index contributed by atoms with van der Waals surface area (Å²) in [7, 11) is -1.28. The lowest BCUT2D eigenvalue weighted by atomic mass is 10.2. The summed E-state index contributed by atoms with van der Waals surface area (Å²) < 4.78 is 41.7. The van der Waals surface area contributed by atoms with E-state index in [0.717, 1.165) is 5.56 Å². The first-order valence-electron chi connectivity index (χ1n) is 8.63. The second-order valence-electron chi connectivity index (χ2n) is 6.37. The average Bonchev–Trinajstić information content (AvgIpc) is 3.00. The molecule has 0 amide bonds. The Bertz CT molecular complexity index is 903. The molecular weight excluding hydrogens is 496 g/mol. The van der Waals surface area contributed by atoms with Crippen molar-refractivity contribution in [1.82, 2.24) is 10.6 Å². The lowest BCUT2D eigenvalue weighted by molar-refractivity contribution is 0.480. The van der Waals surface area contributed by atoms with Crippen LogP contribution in [0.4, 0.5) is 4.39 Å². The van der Waals surface area contributed by atoms with Gasteiger partial charge in [0.1, 0.15) is 17.3 Å². The first kappa shape index (κ1) is 22.4. The number of halogens is 2. The number of hydrogen-bond acceptors (Lipinski definition) is 4. The average molecular weight is 519 g/mol. The van der Waals surface area contributed by atoms with Crippen molar-refractivity contribution in [2.75, 3.05) is 18.6 Å². The maximum Gasteiger partial charge on any atom is 0.191 e. The molecule has 0 saturated carbocycles. The fraction of sp³-hybridized carbons (Fsp3) is 0.316. The highest BCUT2D eigenvalue weighted by Gasteiger charge is 2.28. The zero-order chi connectivity index (χ0) is 19.3. The molecule has 1 aliphatic rings.